The average Bonchev–Trinajstić information content (AvgIpc) is 2.35. The molecule has 118 valence electrons. The second kappa shape index (κ2) is 7.32. The first-order valence-electron chi connectivity index (χ1n) is 5.63. The van der Waals surface area contributed by atoms with Crippen molar-refractivity contribution in [3.05, 3.63) is 29.8 Å². The van der Waals surface area contributed by atoms with E-state index in [2.05, 4.69) is 0 Å². The third-order valence-electron chi connectivity index (χ3n) is 2.10. The van der Waals surface area contributed by atoms with Crippen molar-refractivity contribution in [1.82, 2.24) is 0 Å². The van der Waals surface area contributed by atoms with Crippen LogP contribution in [-0.2, 0) is 20.5 Å². The van der Waals surface area contributed by atoms with Crippen molar-refractivity contribution in [2.75, 3.05) is 11.3 Å². The number of halogens is 3. The average molecular weight is 359 g/mol. The Balaban J connectivity index is 2.76. The molecule has 1 aromatic carbocycles. The Kier molecular flexibility index (Phi) is 6.29. The molecule has 0 aliphatic carbocycles. The van der Waals surface area contributed by atoms with E-state index in [0.717, 1.165) is 0 Å². The van der Waals surface area contributed by atoms with Crippen molar-refractivity contribution in [1.29, 1.82) is 0 Å². The molecule has 0 fully saturated rings. The van der Waals surface area contributed by atoms with Crippen molar-refractivity contribution < 1.29 is 26.3 Å². The number of alkyl halides is 3. The van der Waals surface area contributed by atoms with E-state index < -0.39 is 15.5 Å². The highest BCUT2D eigenvalue weighted by atomic mass is 32.2. The van der Waals surface area contributed by atoms with Crippen LogP contribution in [0.2, 0.25) is 0 Å². The molecular formula is C11H12F3NO3S3. The monoisotopic (exact) mass is 359 g/mol. The first-order chi connectivity index (χ1) is 9.65. The molecule has 10 heteroatoms. The summed E-state index contributed by atoms with van der Waals surface area (Å²) in [6, 6.07) is 5.64. The highest BCUT2D eigenvalue weighted by Crippen LogP contribution is 2.26. The Bertz CT molecular complexity index is 602. The maximum atomic E-state index is 12.3. The summed E-state index contributed by atoms with van der Waals surface area (Å²) in [7, 11) is -5.41. The fraction of sp³-hybridized carbons (Fsp3) is 0.364. The molecule has 4 nitrogen and oxygen atoms in total. The molecule has 0 atom stereocenters. The van der Waals surface area contributed by atoms with Crippen LogP contribution in [0.5, 0.6) is 0 Å². The van der Waals surface area contributed by atoms with Gasteiger partial charge >= 0.3 is 15.5 Å². The molecule has 0 heterocycles. The summed E-state index contributed by atoms with van der Waals surface area (Å²) >= 11 is 6.10. The topological polar surface area (TPSA) is 55.4 Å². The summed E-state index contributed by atoms with van der Waals surface area (Å²) in [4.78, 5) is 0. The van der Waals surface area contributed by atoms with Crippen LogP contribution < -0.4 is 4.72 Å². The maximum absolute atomic E-state index is 12.3. The van der Waals surface area contributed by atoms with Gasteiger partial charge in [-0.3, -0.25) is 4.72 Å². The van der Waals surface area contributed by atoms with Gasteiger partial charge in [0.2, 0.25) is 4.38 Å². The highest BCUT2D eigenvalue weighted by molar-refractivity contribution is 8.22. The van der Waals surface area contributed by atoms with E-state index >= 15 is 0 Å². The number of hydrogen-bond donors (Lipinski definition) is 1. The Hall–Kier alpha value is -1.00. The summed E-state index contributed by atoms with van der Waals surface area (Å²) in [6.45, 7) is 2.21. The van der Waals surface area contributed by atoms with E-state index in [4.69, 9.17) is 17.0 Å². The van der Waals surface area contributed by atoms with E-state index in [1.54, 1.807) is 13.0 Å². The molecule has 21 heavy (non-hydrogen) atoms. The zero-order valence-electron chi connectivity index (χ0n) is 10.8. The molecule has 0 aliphatic heterocycles. The summed E-state index contributed by atoms with van der Waals surface area (Å²) < 4.78 is 65.7. The normalized spacial score (nSPS) is 12.0. The van der Waals surface area contributed by atoms with Gasteiger partial charge in [0.15, 0.2) is 0 Å². The van der Waals surface area contributed by atoms with Gasteiger partial charge < -0.3 is 4.74 Å². The van der Waals surface area contributed by atoms with E-state index in [-0.39, 0.29) is 5.69 Å². The largest absolute Gasteiger partial charge is 0.516 e. The maximum Gasteiger partial charge on any atom is 0.516 e. The van der Waals surface area contributed by atoms with E-state index in [9.17, 15) is 21.6 Å². The minimum absolute atomic E-state index is 0.159. The van der Waals surface area contributed by atoms with Gasteiger partial charge in [0.1, 0.15) is 0 Å². The molecule has 0 radical (unpaired) electrons. The fourth-order valence-electron chi connectivity index (χ4n) is 1.24. The van der Waals surface area contributed by atoms with Gasteiger partial charge in [-0.2, -0.15) is 21.6 Å². The summed E-state index contributed by atoms with van der Waals surface area (Å²) in [6.07, 6.45) is 0. The quantitative estimate of drug-likeness (QED) is 0.816. The number of benzene rings is 1. The third kappa shape index (κ3) is 5.71. The van der Waals surface area contributed by atoms with Crippen molar-refractivity contribution in [3.63, 3.8) is 0 Å². The van der Waals surface area contributed by atoms with Crippen molar-refractivity contribution in [2.45, 2.75) is 18.2 Å². The number of hydrogen-bond acceptors (Lipinski definition) is 5. The van der Waals surface area contributed by atoms with Crippen LogP contribution >= 0.6 is 24.0 Å². The van der Waals surface area contributed by atoms with Crippen LogP contribution in [0, 0.1) is 0 Å². The van der Waals surface area contributed by atoms with Gasteiger partial charge in [-0.05, 0) is 36.8 Å². The number of rotatable bonds is 5. The van der Waals surface area contributed by atoms with Crippen molar-refractivity contribution in [3.8, 4) is 0 Å². The van der Waals surface area contributed by atoms with E-state index in [1.807, 2.05) is 0 Å². The third-order valence-corrected chi connectivity index (χ3v) is 4.52. The predicted octanol–water partition coefficient (Wildman–Crippen LogP) is 3.50. The van der Waals surface area contributed by atoms with Crippen LogP contribution in [-0.4, -0.2) is 24.9 Å². The van der Waals surface area contributed by atoms with Crippen LogP contribution in [0.4, 0.5) is 18.9 Å². The van der Waals surface area contributed by atoms with Crippen LogP contribution in [0.15, 0.2) is 24.3 Å². The predicted molar refractivity (Wildman–Crippen MR) is 80.6 cm³/mol. The van der Waals surface area contributed by atoms with Gasteiger partial charge in [-0.1, -0.05) is 23.9 Å². The molecule has 0 aliphatic rings. The summed E-state index contributed by atoms with van der Waals surface area (Å²) in [5, 5.41) is 0. The molecule has 0 spiro atoms. The number of ether oxygens (including phenoxy) is 1. The number of anilines is 1. The fourth-order valence-corrected chi connectivity index (χ4v) is 2.75. The number of thioether (sulfide) groups is 1. The molecule has 0 aromatic heterocycles. The zero-order valence-corrected chi connectivity index (χ0v) is 13.3. The lowest BCUT2D eigenvalue weighted by Gasteiger charge is -2.11. The lowest BCUT2D eigenvalue weighted by molar-refractivity contribution is -0.0429. The van der Waals surface area contributed by atoms with Gasteiger partial charge in [0.25, 0.3) is 0 Å². The SMILES string of the molecule is CCOC(=S)SCc1cccc(NS(=O)(=O)C(F)(F)F)c1. The molecule has 0 unspecified atom stereocenters. The molecule has 0 bridgehead atoms. The molecule has 1 aromatic rings. The Morgan fingerprint density at radius 1 is 1.43 bits per heavy atom. The molecule has 0 saturated heterocycles. The summed E-state index contributed by atoms with van der Waals surface area (Å²) in [5.41, 5.74) is -4.90. The van der Waals surface area contributed by atoms with Crippen molar-refractivity contribution >= 4 is 44.1 Å². The van der Waals surface area contributed by atoms with Crippen molar-refractivity contribution in [2.24, 2.45) is 0 Å². The molecule has 1 N–H and O–H groups in total. The first kappa shape index (κ1) is 18.1. The molecule has 1 rings (SSSR count). The molecule has 0 amide bonds. The van der Waals surface area contributed by atoms with Gasteiger partial charge in [-0.15, -0.1) is 0 Å². The Labute approximate surface area is 130 Å². The lowest BCUT2D eigenvalue weighted by Crippen LogP contribution is -2.29. The number of nitrogens with one attached hydrogen (secondary N) is 1. The standard InChI is InChI=1S/C11H12F3NO3S3/c1-2-18-10(19)20-7-8-4-3-5-9(6-8)15-21(16,17)11(12,13)14/h3-6,15H,2,7H2,1H3. The van der Waals surface area contributed by atoms with Gasteiger partial charge in [0.05, 0.1) is 6.61 Å². The van der Waals surface area contributed by atoms with E-state index in [0.29, 0.717) is 22.3 Å². The number of sulfonamides is 1. The van der Waals surface area contributed by atoms with Gasteiger partial charge in [0, 0.05) is 11.4 Å². The second-order valence-corrected chi connectivity index (χ2v) is 6.97. The van der Waals surface area contributed by atoms with Crippen LogP contribution in [0.25, 0.3) is 0 Å². The van der Waals surface area contributed by atoms with Gasteiger partial charge in [-0.25, -0.2) is 0 Å². The summed E-state index contributed by atoms with van der Waals surface area (Å²) in [5.74, 6) is 0.362. The lowest BCUT2D eigenvalue weighted by atomic mass is 10.2. The highest BCUT2D eigenvalue weighted by Gasteiger charge is 2.46. The van der Waals surface area contributed by atoms with Crippen LogP contribution in [0.3, 0.4) is 0 Å². The second-order valence-electron chi connectivity index (χ2n) is 3.72. The molecular weight excluding hydrogens is 347 g/mol. The molecule has 0 saturated carbocycles. The zero-order chi connectivity index (χ0) is 16.1. The minimum Gasteiger partial charge on any atom is -0.479 e. The Morgan fingerprint density at radius 2 is 2.10 bits per heavy atom. The first-order valence-corrected chi connectivity index (χ1v) is 8.51. The van der Waals surface area contributed by atoms with Crippen LogP contribution in [0.1, 0.15) is 12.5 Å². The smallest absolute Gasteiger partial charge is 0.479 e. The number of thiocarbonyl (C=S) groups is 1. The van der Waals surface area contributed by atoms with E-state index in [1.165, 1.54) is 34.7 Å². The Morgan fingerprint density at radius 3 is 2.67 bits per heavy atom. The minimum atomic E-state index is -5.41.